The van der Waals surface area contributed by atoms with Crippen molar-refractivity contribution in [2.75, 3.05) is 6.67 Å². The molecule has 1 aliphatic carbocycles. The molecule has 0 aromatic heterocycles. The molecule has 1 atom stereocenters. The summed E-state index contributed by atoms with van der Waals surface area (Å²) in [6, 6.07) is 0. The highest BCUT2D eigenvalue weighted by molar-refractivity contribution is 5.70. The van der Waals surface area contributed by atoms with E-state index < -0.39 is 12.6 Å². The first-order valence-corrected chi connectivity index (χ1v) is 5.04. The molecule has 1 fully saturated rings. The van der Waals surface area contributed by atoms with Gasteiger partial charge in [0.15, 0.2) is 0 Å². The Morgan fingerprint density at radius 2 is 2.08 bits per heavy atom. The number of carboxylic acid groups (broad SMARTS) is 1. The largest absolute Gasteiger partial charge is 0.481 e. The third kappa shape index (κ3) is 2.98. The topological polar surface area (TPSA) is 37.3 Å². The molecule has 0 heterocycles. The molecule has 0 spiro atoms. The Kier molecular flexibility index (Phi) is 4.19. The molecule has 0 aliphatic heterocycles. The lowest BCUT2D eigenvalue weighted by molar-refractivity contribution is -0.144. The maximum atomic E-state index is 11.9. The molecule has 0 aromatic rings. The van der Waals surface area contributed by atoms with E-state index in [0.717, 1.165) is 25.7 Å². The maximum absolute atomic E-state index is 11.9. The highest BCUT2D eigenvalue weighted by Crippen LogP contribution is 2.33. The zero-order chi connectivity index (χ0) is 9.68. The van der Waals surface area contributed by atoms with Gasteiger partial charge in [0, 0.05) is 0 Å². The molecule has 1 aliphatic rings. The maximum Gasteiger partial charge on any atom is 0.306 e. The number of carbonyl (C=O) groups is 1. The quantitative estimate of drug-likeness (QED) is 0.720. The molecule has 3 heteroatoms. The van der Waals surface area contributed by atoms with E-state index in [2.05, 4.69) is 0 Å². The summed E-state index contributed by atoms with van der Waals surface area (Å²) >= 11 is 0. The lowest BCUT2D eigenvalue weighted by Crippen LogP contribution is -2.21. The minimum absolute atomic E-state index is 0.293. The van der Waals surface area contributed by atoms with E-state index in [1.54, 1.807) is 0 Å². The van der Waals surface area contributed by atoms with Gasteiger partial charge in [0.2, 0.25) is 0 Å². The number of carboxylic acids is 1. The van der Waals surface area contributed by atoms with Gasteiger partial charge in [-0.1, -0.05) is 12.8 Å². The first-order chi connectivity index (χ1) is 6.25. The third-order valence-electron chi connectivity index (χ3n) is 2.93. The molecule has 0 aromatic carbocycles. The molecule has 2 nitrogen and oxygen atoms in total. The standard InChI is InChI=1S/C10H17FO2/c11-7-3-6-9(10(12)13)8-4-1-2-5-8/h8-9H,1-7H2,(H,12,13). The van der Waals surface area contributed by atoms with Crippen molar-refractivity contribution in [3.63, 3.8) is 0 Å². The molecule has 13 heavy (non-hydrogen) atoms. The van der Waals surface area contributed by atoms with Crippen LogP contribution in [0.4, 0.5) is 4.39 Å². The van der Waals surface area contributed by atoms with Crippen LogP contribution in [0, 0.1) is 11.8 Å². The van der Waals surface area contributed by atoms with Crippen molar-refractivity contribution in [2.24, 2.45) is 11.8 Å². The van der Waals surface area contributed by atoms with Crippen LogP contribution >= 0.6 is 0 Å². The molecule has 1 unspecified atom stereocenters. The van der Waals surface area contributed by atoms with Gasteiger partial charge in [-0.3, -0.25) is 9.18 Å². The van der Waals surface area contributed by atoms with Crippen molar-refractivity contribution < 1.29 is 14.3 Å². The van der Waals surface area contributed by atoms with Crippen molar-refractivity contribution in [3.05, 3.63) is 0 Å². The van der Waals surface area contributed by atoms with E-state index in [1.165, 1.54) is 0 Å². The highest BCUT2D eigenvalue weighted by atomic mass is 19.1. The van der Waals surface area contributed by atoms with E-state index in [4.69, 9.17) is 5.11 Å². The number of alkyl halides is 1. The normalized spacial score (nSPS) is 20.4. The van der Waals surface area contributed by atoms with Crippen molar-refractivity contribution in [3.8, 4) is 0 Å². The number of halogens is 1. The molecular formula is C10H17FO2. The minimum atomic E-state index is -0.736. The summed E-state index contributed by atoms with van der Waals surface area (Å²) in [6.07, 6.45) is 5.23. The average Bonchev–Trinajstić information content (AvgIpc) is 2.57. The van der Waals surface area contributed by atoms with Crippen LogP contribution in [0.1, 0.15) is 38.5 Å². The van der Waals surface area contributed by atoms with Gasteiger partial charge in [0.25, 0.3) is 0 Å². The van der Waals surface area contributed by atoms with Crippen LogP contribution in [0.3, 0.4) is 0 Å². The molecular weight excluding hydrogens is 171 g/mol. The van der Waals surface area contributed by atoms with Gasteiger partial charge < -0.3 is 5.11 Å². The lowest BCUT2D eigenvalue weighted by Gasteiger charge is -2.18. The zero-order valence-electron chi connectivity index (χ0n) is 7.84. The Morgan fingerprint density at radius 1 is 1.46 bits per heavy atom. The number of hydrogen-bond acceptors (Lipinski definition) is 1. The highest BCUT2D eigenvalue weighted by Gasteiger charge is 2.29. The third-order valence-corrected chi connectivity index (χ3v) is 2.93. The Morgan fingerprint density at radius 3 is 2.54 bits per heavy atom. The summed E-state index contributed by atoms with van der Waals surface area (Å²) in [5, 5.41) is 8.94. The molecule has 1 saturated carbocycles. The minimum Gasteiger partial charge on any atom is -0.481 e. The predicted octanol–water partition coefficient (Wildman–Crippen LogP) is 2.63. The monoisotopic (exact) mass is 188 g/mol. The fourth-order valence-corrected chi connectivity index (χ4v) is 2.22. The van der Waals surface area contributed by atoms with Crippen molar-refractivity contribution in [2.45, 2.75) is 38.5 Å². The Balaban J connectivity index is 2.40. The van der Waals surface area contributed by atoms with Crippen LogP contribution in [0.5, 0.6) is 0 Å². The van der Waals surface area contributed by atoms with Crippen molar-refractivity contribution >= 4 is 5.97 Å². The number of hydrogen-bond donors (Lipinski definition) is 1. The van der Waals surface area contributed by atoms with Gasteiger partial charge in [-0.15, -0.1) is 0 Å². The molecule has 1 rings (SSSR count). The van der Waals surface area contributed by atoms with Crippen molar-refractivity contribution in [1.82, 2.24) is 0 Å². The second-order valence-electron chi connectivity index (χ2n) is 3.82. The summed E-state index contributed by atoms with van der Waals surface area (Å²) in [4.78, 5) is 10.9. The molecule has 1 N–H and O–H groups in total. The zero-order valence-corrected chi connectivity index (χ0v) is 7.84. The first kappa shape index (κ1) is 10.5. The Hall–Kier alpha value is -0.600. The van der Waals surface area contributed by atoms with Crippen LogP contribution in [0.25, 0.3) is 0 Å². The fraction of sp³-hybridized carbons (Fsp3) is 0.900. The van der Waals surface area contributed by atoms with E-state index in [9.17, 15) is 9.18 Å². The summed E-state index contributed by atoms with van der Waals surface area (Å²) in [7, 11) is 0. The lowest BCUT2D eigenvalue weighted by atomic mass is 9.87. The van der Waals surface area contributed by atoms with E-state index in [1.807, 2.05) is 0 Å². The number of rotatable bonds is 5. The van der Waals surface area contributed by atoms with Gasteiger partial charge in [-0.2, -0.15) is 0 Å². The van der Waals surface area contributed by atoms with Gasteiger partial charge in [-0.25, -0.2) is 0 Å². The van der Waals surface area contributed by atoms with Gasteiger partial charge in [0.1, 0.15) is 0 Å². The summed E-state index contributed by atoms with van der Waals surface area (Å²) < 4.78 is 11.9. The first-order valence-electron chi connectivity index (χ1n) is 5.04. The van der Waals surface area contributed by atoms with Gasteiger partial charge >= 0.3 is 5.97 Å². The molecule has 76 valence electrons. The van der Waals surface area contributed by atoms with Crippen LogP contribution in [-0.4, -0.2) is 17.8 Å². The van der Waals surface area contributed by atoms with Crippen molar-refractivity contribution in [1.29, 1.82) is 0 Å². The van der Waals surface area contributed by atoms with Crippen LogP contribution in [0.2, 0.25) is 0 Å². The molecule has 0 bridgehead atoms. The molecule has 0 amide bonds. The van der Waals surface area contributed by atoms with E-state index in [-0.39, 0.29) is 5.92 Å². The predicted molar refractivity (Wildman–Crippen MR) is 48.3 cm³/mol. The van der Waals surface area contributed by atoms with E-state index in [0.29, 0.717) is 18.8 Å². The second-order valence-corrected chi connectivity index (χ2v) is 3.82. The average molecular weight is 188 g/mol. The number of aliphatic carboxylic acids is 1. The fourth-order valence-electron chi connectivity index (χ4n) is 2.22. The van der Waals surface area contributed by atoms with Gasteiger partial charge in [0.05, 0.1) is 12.6 Å². The summed E-state index contributed by atoms with van der Waals surface area (Å²) in [5.41, 5.74) is 0. The van der Waals surface area contributed by atoms with Crippen LogP contribution in [0.15, 0.2) is 0 Å². The molecule has 0 saturated heterocycles. The molecule has 0 radical (unpaired) electrons. The Labute approximate surface area is 78.1 Å². The van der Waals surface area contributed by atoms with Crippen LogP contribution in [-0.2, 0) is 4.79 Å². The summed E-state index contributed by atoms with van der Waals surface area (Å²) in [6.45, 7) is -0.392. The van der Waals surface area contributed by atoms with E-state index >= 15 is 0 Å². The SMILES string of the molecule is O=C(O)C(CCCF)C1CCCC1. The van der Waals surface area contributed by atoms with Gasteiger partial charge in [-0.05, 0) is 31.6 Å². The Bertz CT molecular complexity index is 164. The second kappa shape index (κ2) is 5.20. The van der Waals surface area contributed by atoms with Crippen LogP contribution < -0.4 is 0 Å². The summed E-state index contributed by atoms with van der Waals surface area (Å²) in [5.74, 6) is -0.720. The smallest absolute Gasteiger partial charge is 0.306 e.